The molecule has 2 aliphatic carbocycles. The summed E-state index contributed by atoms with van der Waals surface area (Å²) in [7, 11) is 1.63. The van der Waals surface area contributed by atoms with Gasteiger partial charge in [0, 0.05) is 29.9 Å². The Kier molecular flexibility index (Phi) is 6.68. The lowest BCUT2D eigenvalue weighted by atomic mass is 9.70. The quantitative estimate of drug-likeness (QED) is 0.490. The first-order chi connectivity index (χ1) is 19.0. The molecule has 6 rings (SSSR count). The summed E-state index contributed by atoms with van der Waals surface area (Å²) in [6.07, 6.45) is 0.289. The van der Waals surface area contributed by atoms with E-state index in [2.05, 4.69) is 13.8 Å². The van der Waals surface area contributed by atoms with E-state index in [0.717, 1.165) is 79.1 Å². The van der Waals surface area contributed by atoms with Crippen molar-refractivity contribution in [1.82, 2.24) is 0 Å². The molecule has 2 fully saturated rings. The van der Waals surface area contributed by atoms with Gasteiger partial charge in [-0.15, -0.1) is 0 Å². The zero-order valence-electron chi connectivity index (χ0n) is 23.2. The number of nitrogens with zero attached hydrogens (tertiary/aromatic N) is 2. The van der Waals surface area contributed by atoms with Crippen LogP contribution in [0.3, 0.4) is 0 Å². The highest BCUT2D eigenvalue weighted by molar-refractivity contribution is 5.54. The lowest BCUT2D eigenvalue weighted by Gasteiger charge is -2.36. The van der Waals surface area contributed by atoms with Crippen molar-refractivity contribution in [3.05, 3.63) is 63.0 Å². The largest absolute Gasteiger partial charge is 0.417 e. The first kappa shape index (κ1) is 27.5. The molecule has 6 nitrogen and oxygen atoms in total. The molecule has 4 aliphatic rings. The number of pyridine rings is 1. The van der Waals surface area contributed by atoms with Crippen LogP contribution in [0.5, 0.6) is 0 Å². The van der Waals surface area contributed by atoms with Crippen LogP contribution in [0.2, 0.25) is 0 Å². The molecule has 1 saturated heterocycles. The fourth-order valence-electron chi connectivity index (χ4n) is 7.74. The van der Waals surface area contributed by atoms with Crippen molar-refractivity contribution in [2.45, 2.75) is 95.1 Å². The van der Waals surface area contributed by atoms with Gasteiger partial charge in [-0.2, -0.15) is 18.4 Å². The van der Waals surface area contributed by atoms with E-state index in [9.17, 15) is 23.5 Å². The molecule has 2 aliphatic heterocycles. The molecule has 1 saturated carbocycles. The van der Waals surface area contributed by atoms with E-state index in [1.54, 1.807) is 13.2 Å². The summed E-state index contributed by atoms with van der Waals surface area (Å²) < 4.78 is 55.6. The van der Waals surface area contributed by atoms with Crippen molar-refractivity contribution in [3.63, 3.8) is 0 Å². The lowest BCUT2D eigenvalue weighted by molar-refractivity contribution is -0.897. The number of hydrogen-bond donors (Lipinski definition) is 1. The van der Waals surface area contributed by atoms with Gasteiger partial charge in [-0.1, -0.05) is 32.8 Å². The van der Waals surface area contributed by atoms with Gasteiger partial charge in [0.05, 0.1) is 45.9 Å². The van der Waals surface area contributed by atoms with Crippen LogP contribution in [0.25, 0.3) is 0 Å². The third kappa shape index (κ3) is 4.31. The van der Waals surface area contributed by atoms with Gasteiger partial charge in [0.1, 0.15) is 13.2 Å². The molecule has 2 unspecified atom stereocenters. The summed E-state index contributed by atoms with van der Waals surface area (Å²) in [6, 6.07) is 5.52. The Morgan fingerprint density at radius 2 is 1.82 bits per heavy atom. The number of nitriles is 1. The van der Waals surface area contributed by atoms with Crippen LogP contribution in [0.15, 0.2) is 18.2 Å². The predicted molar refractivity (Wildman–Crippen MR) is 138 cm³/mol. The molecule has 1 N–H and O–H groups in total. The third-order valence-electron chi connectivity index (χ3n) is 9.35. The number of fused-ring (bicyclic) bond motifs is 4. The standard InChI is InChI=1S/C31H36F3N2O4/c1-29(2)15-22-24(23(37)16-29)26-25(27(36(22)38-3)18-8-12-39-13-9-18)28(40-30(26)10-4-5-11-30)19-6-7-21(31(32,33)34)20(14-19)17-35/h6-7,14,18,23,28,37H,4-5,8-13,15-16H2,1-3H3/q+1. The van der Waals surface area contributed by atoms with Crippen molar-refractivity contribution in [3.8, 4) is 6.07 Å². The number of benzene rings is 1. The Labute approximate surface area is 232 Å². The van der Waals surface area contributed by atoms with E-state index in [1.165, 1.54) is 12.1 Å². The fourth-order valence-corrected chi connectivity index (χ4v) is 7.74. The Bertz CT molecular complexity index is 1370. The summed E-state index contributed by atoms with van der Waals surface area (Å²) >= 11 is 0. The van der Waals surface area contributed by atoms with Crippen LogP contribution >= 0.6 is 0 Å². The molecule has 214 valence electrons. The molecule has 1 spiro atoms. The van der Waals surface area contributed by atoms with E-state index in [1.807, 2.05) is 4.73 Å². The van der Waals surface area contributed by atoms with Gasteiger partial charge in [-0.25, -0.2) is 0 Å². The van der Waals surface area contributed by atoms with Crippen molar-refractivity contribution < 1.29 is 37.3 Å². The average molecular weight is 558 g/mol. The second kappa shape index (κ2) is 9.71. The normalized spacial score (nSPS) is 25.4. The van der Waals surface area contributed by atoms with Crippen molar-refractivity contribution in [2.75, 3.05) is 20.3 Å². The van der Waals surface area contributed by atoms with Gasteiger partial charge in [-0.3, -0.25) is 4.84 Å². The first-order valence-electron chi connectivity index (χ1n) is 14.2. The highest BCUT2D eigenvalue weighted by atomic mass is 19.4. The lowest BCUT2D eigenvalue weighted by Crippen LogP contribution is -2.54. The van der Waals surface area contributed by atoms with Gasteiger partial charge >= 0.3 is 6.18 Å². The van der Waals surface area contributed by atoms with Crippen LogP contribution in [-0.2, 0) is 27.7 Å². The molecule has 0 amide bonds. The maximum absolute atomic E-state index is 13.7. The molecule has 2 atom stereocenters. The van der Waals surface area contributed by atoms with Crippen molar-refractivity contribution in [1.29, 1.82) is 5.26 Å². The number of hydrogen-bond acceptors (Lipinski definition) is 5. The second-order valence-electron chi connectivity index (χ2n) is 12.6. The summed E-state index contributed by atoms with van der Waals surface area (Å²) in [5, 5.41) is 21.3. The molecule has 2 aromatic rings. The summed E-state index contributed by atoms with van der Waals surface area (Å²) in [6.45, 7) is 5.50. The number of ether oxygens (including phenoxy) is 2. The van der Waals surface area contributed by atoms with E-state index in [4.69, 9.17) is 14.3 Å². The van der Waals surface area contributed by atoms with E-state index >= 15 is 0 Å². The minimum atomic E-state index is -4.63. The molecule has 40 heavy (non-hydrogen) atoms. The van der Waals surface area contributed by atoms with Crippen LogP contribution < -0.4 is 9.57 Å². The molecule has 0 bridgehead atoms. The van der Waals surface area contributed by atoms with Crippen LogP contribution in [0.1, 0.15) is 122 Å². The summed E-state index contributed by atoms with van der Waals surface area (Å²) in [5.74, 6) is 0.0856. The number of halogens is 3. The number of aliphatic hydroxyl groups excluding tert-OH is 1. The zero-order chi connectivity index (χ0) is 28.4. The Morgan fingerprint density at radius 3 is 2.45 bits per heavy atom. The summed E-state index contributed by atoms with van der Waals surface area (Å²) in [4.78, 5) is 6.12. The zero-order valence-corrected chi connectivity index (χ0v) is 23.2. The number of alkyl halides is 3. The smallest absolute Gasteiger partial charge is 0.388 e. The van der Waals surface area contributed by atoms with Crippen LogP contribution in [0, 0.1) is 16.7 Å². The number of aliphatic hydroxyl groups is 1. The highest BCUT2D eigenvalue weighted by Gasteiger charge is 2.57. The summed E-state index contributed by atoms with van der Waals surface area (Å²) in [5.41, 5.74) is 2.99. The fraction of sp³-hybridized carbons (Fsp3) is 0.613. The second-order valence-corrected chi connectivity index (χ2v) is 12.6. The maximum atomic E-state index is 13.7. The SMILES string of the molecule is CO[n+]1c2c(c3c(c1C1CCOCC1)C(c1ccc(C(F)(F)F)c(C#N)c1)OC31CCCC1)C(O)CC(C)(C)C2. The minimum Gasteiger partial charge on any atom is -0.388 e. The van der Waals surface area contributed by atoms with Gasteiger partial charge in [0.25, 0.3) is 0 Å². The van der Waals surface area contributed by atoms with Crippen molar-refractivity contribution >= 4 is 0 Å². The van der Waals surface area contributed by atoms with Crippen molar-refractivity contribution in [2.24, 2.45) is 5.41 Å². The first-order valence-corrected chi connectivity index (χ1v) is 14.2. The molecule has 1 aromatic heterocycles. The van der Waals surface area contributed by atoms with Gasteiger partial charge in [-0.05, 0) is 55.2 Å². The monoisotopic (exact) mass is 557 g/mol. The average Bonchev–Trinajstić information content (AvgIpc) is 3.51. The van der Waals surface area contributed by atoms with Gasteiger partial charge in [0.15, 0.2) is 0 Å². The van der Waals surface area contributed by atoms with Crippen LogP contribution in [0.4, 0.5) is 13.2 Å². The van der Waals surface area contributed by atoms with Gasteiger partial charge in [0.2, 0.25) is 11.4 Å². The van der Waals surface area contributed by atoms with Gasteiger partial charge < -0.3 is 14.6 Å². The Hall–Kier alpha value is -2.67. The predicted octanol–water partition coefficient (Wildman–Crippen LogP) is 5.71. The molecular formula is C31H36F3N2O4+. The minimum absolute atomic E-state index is 0.0856. The van der Waals surface area contributed by atoms with Crippen LogP contribution in [-0.4, -0.2) is 25.4 Å². The van der Waals surface area contributed by atoms with E-state index in [-0.39, 0.29) is 11.3 Å². The number of rotatable bonds is 3. The van der Waals surface area contributed by atoms with E-state index < -0.39 is 35.1 Å². The highest BCUT2D eigenvalue weighted by Crippen LogP contribution is 2.59. The van der Waals surface area contributed by atoms with E-state index in [0.29, 0.717) is 25.2 Å². The third-order valence-corrected chi connectivity index (χ3v) is 9.35. The molecule has 0 radical (unpaired) electrons. The molecule has 3 heterocycles. The topological polar surface area (TPSA) is 75.6 Å². The molecular weight excluding hydrogens is 521 g/mol. The maximum Gasteiger partial charge on any atom is 0.417 e. The Balaban J connectivity index is 1.66. The Morgan fingerprint density at radius 1 is 1.12 bits per heavy atom. The molecule has 1 aromatic carbocycles. The number of aromatic nitrogens is 1. The molecule has 9 heteroatoms.